The summed E-state index contributed by atoms with van der Waals surface area (Å²) >= 11 is 0. The molecule has 0 saturated carbocycles. The molecule has 0 unspecified atom stereocenters. The van der Waals surface area contributed by atoms with Crippen LogP contribution in [-0.2, 0) is 0 Å². The van der Waals surface area contributed by atoms with Gasteiger partial charge in [0.1, 0.15) is 0 Å². The molecule has 6 nitrogen and oxygen atoms in total. The normalized spacial score (nSPS) is 10.0. The maximum Gasteiger partial charge on any atom is 0.197 e. The van der Waals surface area contributed by atoms with Gasteiger partial charge in [0.15, 0.2) is 11.6 Å². The maximum atomic E-state index is 12.1. The molecule has 0 aliphatic rings. The molecule has 0 amide bonds. The van der Waals surface area contributed by atoms with Crippen molar-refractivity contribution >= 4 is 34.3 Å². The molecule has 4 aromatic rings. The molecule has 8 N–H and O–H groups in total. The number of ketones is 2. The number of anilines is 4. The molecule has 4 aromatic carbocycles. The maximum absolute atomic E-state index is 12.1. The van der Waals surface area contributed by atoms with Crippen LogP contribution in [0.2, 0.25) is 0 Å². The van der Waals surface area contributed by atoms with E-state index in [0.29, 0.717) is 45.0 Å². The minimum Gasteiger partial charge on any atom is -0.399 e. The summed E-state index contributed by atoms with van der Waals surface area (Å²) in [7, 11) is 0. The second kappa shape index (κ2) is 9.95. The summed E-state index contributed by atoms with van der Waals surface area (Å²) in [5.74, 6) is -0.170. The number of nitrogens with two attached hydrogens (primary N) is 4. The van der Waals surface area contributed by atoms with E-state index in [-0.39, 0.29) is 11.6 Å². The fourth-order valence-corrected chi connectivity index (χ4v) is 2.99. The Balaban J connectivity index is 0.000000181. The standard InChI is InChI=1S/2C13H12N2O/c14-11-5-1-9(2-6-11)13(16)10-3-7-12(15)8-4-10;14-11-7-3-1-5-9(11)13(16)10-6-2-4-8-12(10)15/h2*1-8H,14-15H2. The van der Waals surface area contributed by atoms with Crippen LogP contribution in [-0.4, -0.2) is 11.6 Å². The number of nitrogen functional groups attached to an aromatic ring is 4. The third-order valence-electron chi connectivity index (χ3n) is 4.76. The molecule has 0 saturated heterocycles. The van der Waals surface area contributed by atoms with Crippen LogP contribution < -0.4 is 22.9 Å². The first kappa shape index (κ1) is 22.1. The first-order chi connectivity index (χ1) is 15.4. The molecule has 0 bridgehead atoms. The van der Waals surface area contributed by atoms with E-state index in [1.165, 1.54) is 0 Å². The van der Waals surface area contributed by atoms with Crippen LogP contribution in [0.3, 0.4) is 0 Å². The smallest absolute Gasteiger partial charge is 0.197 e. The predicted molar refractivity (Wildman–Crippen MR) is 130 cm³/mol. The van der Waals surface area contributed by atoms with Gasteiger partial charge >= 0.3 is 0 Å². The molecular weight excluding hydrogens is 400 g/mol. The summed E-state index contributed by atoms with van der Waals surface area (Å²) in [4.78, 5) is 24.1. The lowest BCUT2D eigenvalue weighted by atomic mass is 10.0. The highest BCUT2D eigenvalue weighted by molar-refractivity contribution is 6.14. The van der Waals surface area contributed by atoms with Crippen LogP contribution in [0.15, 0.2) is 97.1 Å². The van der Waals surface area contributed by atoms with E-state index >= 15 is 0 Å². The lowest BCUT2D eigenvalue weighted by Crippen LogP contribution is -2.07. The van der Waals surface area contributed by atoms with Crippen LogP contribution in [0.25, 0.3) is 0 Å². The molecule has 0 aromatic heterocycles. The van der Waals surface area contributed by atoms with Crippen LogP contribution >= 0.6 is 0 Å². The SMILES string of the molecule is Nc1ccc(C(=O)c2ccc(N)cc2)cc1.Nc1ccccc1C(=O)c1ccccc1N. The van der Waals surface area contributed by atoms with Gasteiger partial charge in [0.2, 0.25) is 0 Å². The number of rotatable bonds is 4. The number of carbonyl (C=O) groups excluding carboxylic acids is 2. The molecule has 0 spiro atoms. The van der Waals surface area contributed by atoms with E-state index in [1.54, 1.807) is 97.1 Å². The monoisotopic (exact) mass is 424 g/mol. The van der Waals surface area contributed by atoms with Crippen LogP contribution in [0.5, 0.6) is 0 Å². The van der Waals surface area contributed by atoms with E-state index in [1.807, 2.05) is 0 Å². The molecular formula is C26H24N4O2. The molecule has 4 rings (SSSR count). The van der Waals surface area contributed by atoms with Crippen LogP contribution in [0.4, 0.5) is 22.7 Å². The van der Waals surface area contributed by atoms with Crippen LogP contribution in [0, 0.1) is 0 Å². The van der Waals surface area contributed by atoms with Crippen molar-refractivity contribution in [2.45, 2.75) is 0 Å². The molecule has 0 radical (unpaired) electrons. The Morgan fingerprint density at radius 2 is 0.781 bits per heavy atom. The van der Waals surface area contributed by atoms with Crippen molar-refractivity contribution in [2.75, 3.05) is 22.9 Å². The number of benzene rings is 4. The zero-order chi connectivity index (χ0) is 23.1. The number of para-hydroxylation sites is 2. The van der Waals surface area contributed by atoms with Gasteiger partial charge in [0, 0.05) is 45.0 Å². The van der Waals surface area contributed by atoms with Crippen molar-refractivity contribution in [1.82, 2.24) is 0 Å². The first-order valence-corrected chi connectivity index (χ1v) is 9.86. The molecule has 160 valence electrons. The quantitative estimate of drug-likeness (QED) is 0.287. The van der Waals surface area contributed by atoms with E-state index < -0.39 is 0 Å². The highest BCUT2D eigenvalue weighted by Gasteiger charge is 2.13. The van der Waals surface area contributed by atoms with Gasteiger partial charge in [-0.2, -0.15) is 0 Å². The van der Waals surface area contributed by atoms with Crippen molar-refractivity contribution in [3.63, 3.8) is 0 Å². The van der Waals surface area contributed by atoms with E-state index in [4.69, 9.17) is 22.9 Å². The molecule has 0 aliphatic carbocycles. The summed E-state index contributed by atoms with van der Waals surface area (Å²) in [5, 5.41) is 0. The summed E-state index contributed by atoms with van der Waals surface area (Å²) in [6.45, 7) is 0. The van der Waals surface area contributed by atoms with Gasteiger partial charge in [-0.15, -0.1) is 0 Å². The van der Waals surface area contributed by atoms with Gasteiger partial charge in [-0.1, -0.05) is 24.3 Å². The highest BCUT2D eigenvalue weighted by atomic mass is 16.1. The van der Waals surface area contributed by atoms with Crippen molar-refractivity contribution in [3.8, 4) is 0 Å². The molecule has 6 heteroatoms. The van der Waals surface area contributed by atoms with E-state index in [2.05, 4.69) is 0 Å². The van der Waals surface area contributed by atoms with Crippen molar-refractivity contribution in [3.05, 3.63) is 119 Å². The highest BCUT2D eigenvalue weighted by Crippen LogP contribution is 2.20. The predicted octanol–water partition coefficient (Wildman–Crippen LogP) is 4.16. The van der Waals surface area contributed by atoms with Gasteiger partial charge in [0.05, 0.1) is 0 Å². The van der Waals surface area contributed by atoms with E-state index in [0.717, 1.165) is 0 Å². The van der Waals surface area contributed by atoms with E-state index in [9.17, 15) is 9.59 Å². The number of hydrogen-bond donors (Lipinski definition) is 4. The zero-order valence-electron chi connectivity index (χ0n) is 17.4. The van der Waals surface area contributed by atoms with Gasteiger partial charge in [-0.3, -0.25) is 9.59 Å². The average molecular weight is 425 g/mol. The second-order valence-electron chi connectivity index (χ2n) is 7.08. The minimum atomic E-state index is -0.142. The van der Waals surface area contributed by atoms with Gasteiger partial charge < -0.3 is 22.9 Å². The minimum absolute atomic E-state index is 0.0278. The van der Waals surface area contributed by atoms with Gasteiger partial charge in [-0.25, -0.2) is 0 Å². The van der Waals surface area contributed by atoms with Crippen molar-refractivity contribution < 1.29 is 9.59 Å². The van der Waals surface area contributed by atoms with Crippen LogP contribution in [0.1, 0.15) is 31.8 Å². The number of hydrogen-bond acceptors (Lipinski definition) is 6. The van der Waals surface area contributed by atoms with Gasteiger partial charge in [0.25, 0.3) is 0 Å². The topological polar surface area (TPSA) is 138 Å². The Labute approximate surface area is 186 Å². The van der Waals surface area contributed by atoms with Crippen molar-refractivity contribution in [2.24, 2.45) is 0 Å². The summed E-state index contributed by atoms with van der Waals surface area (Å²) < 4.78 is 0. The Morgan fingerprint density at radius 3 is 1.12 bits per heavy atom. The lowest BCUT2D eigenvalue weighted by molar-refractivity contribution is 0.103. The summed E-state index contributed by atoms with van der Waals surface area (Å²) in [6.07, 6.45) is 0. The first-order valence-electron chi connectivity index (χ1n) is 9.86. The zero-order valence-corrected chi connectivity index (χ0v) is 17.4. The fraction of sp³-hybridized carbons (Fsp3) is 0. The number of carbonyl (C=O) groups is 2. The summed E-state index contributed by atoms with van der Waals surface area (Å²) in [6, 6.07) is 27.7. The third kappa shape index (κ3) is 5.31. The third-order valence-corrected chi connectivity index (χ3v) is 4.76. The fourth-order valence-electron chi connectivity index (χ4n) is 2.99. The lowest BCUT2D eigenvalue weighted by Gasteiger charge is -2.06. The Morgan fingerprint density at radius 1 is 0.438 bits per heavy atom. The molecule has 0 atom stereocenters. The molecule has 0 aliphatic heterocycles. The van der Waals surface area contributed by atoms with Crippen molar-refractivity contribution in [1.29, 1.82) is 0 Å². The molecule has 0 fully saturated rings. The molecule has 32 heavy (non-hydrogen) atoms. The largest absolute Gasteiger partial charge is 0.399 e. The second-order valence-corrected chi connectivity index (χ2v) is 7.08. The summed E-state index contributed by atoms with van der Waals surface area (Å²) in [5.41, 5.74) is 27.1. The molecule has 0 heterocycles. The van der Waals surface area contributed by atoms with Gasteiger partial charge in [-0.05, 0) is 72.8 Å². The Hall–Kier alpha value is -4.58. The average Bonchev–Trinajstić information content (AvgIpc) is 2.80. The Bertz CT molecular complexity index is 1140. The Kier molecular flexibility index (Phi) is 6.88.